The molecule has 0 saturated carbocycles. The second kappa shape index (κ2) is 5.72. The molecule has 1 N–H and O–H groups in total. The van der Waals surface area contributed by atoms with Gasteiger partial charge in [-0.05, 0) is 27.1 Å². The highest BCUT2D eigenvalue weighted by Crippen LogP contribution is 2.02. The van der Waals surface area contributed by atoms with Crippen LogP contribution in [0.1, 0.15) is 16.2 Å². The van der Waals surface area contributed by atoms with E-state index in [4.69, 9.17) is 0 Å². The third kappa shape index (κ3) is 3.85. The van der Waals surface area contributed by atoms with Crippen LogP contribution in [0.2, 0.25) is 0 Å². The van der Waals surface area contributed by atoms with Crippen LogP contribution in [0.4, 0.5) is 0 Å². The molecule has 0 aliphatic carbocycles. The van der Waals surface area contributed by atoms with E-state index in [0.717, 1.165) is 13.0 Å². The molecule has 0 atom stereocenters. The number of thiazole rings is 1. The topological polar surface area (TPSA) is 45.2 Å². The second-order valence-electron chi connectivity index (χ2n) is 3.25. The van der Waals surface area contributed by atoms with E-state index < -0.39 is 0 Å². The molecule has 1 heterocycles. The van der Waals surface area contributed by atoms with Crippen LogP contribution >= 0.6 is 11.3 Å². The maximum absolute atomic E-state index is 11.4. The van der Waals surface area contributed by atoms with Crippen LogP contribution in [-0.2, 0) is 0 Å². The van der Waals surface area contributed by atoms with E-state index in [2.05, 4.69) is 15.2 Å². The Hall–Kier alpha value is -0.940. The first-order valence-electron chi connectivity index (χ1n) is 4.52. The lowest BCUT2D eigenvalue weighted by Gasteiger charge is -2.08. The van der Waals surface area contributed by atoms with Crippen molar-refractivity contribution in [3.63, 3.8) is 0 Å². The van der Waals surface area contributed by atoms with Gasteiger partial charge in [-0.25, -0.2) is 4.98 Å². The van der Waals surface area contributed by atoms with E-state index in [9.17, 15) is 4.79 Å². The lowest BCUT2D eigenvalue weighted by molar-refractivity contribution is 0.0952. The minimum absolute atomic E-state index is 0.0706. The van der Waals surface area contributed by atoms with Crippen molar-refractivity contribution in [1.29, 1.82) is 0 Å². The van der Waals surface area contributed by atoms with Gasteiger partial charge in [0.1, 0.15) is 0 Å². The van der Waals surface area contributed by atoms with Crippen molar-refractivity contribution in [2.45, 2.75) is 6.42 Å². The Morgan fingerprint density at radius 1 is 1.64 bits per heavy atom. The Morgan fingerprint density at radius 2 is 2.43 bits per heavy atom. The molecule has 0 aliphatic heterocycles. The molecule has 0 aromatic carbocycles. The first-order chi connectivity index (χ1) is 6.70. The fourth-order valence-corrected chi connectivity index (χ4v) is 1.56. The first kappa shape index (κ1) is 11.1. The van der Waals surface area contributed by atoms with Crippen LogP contribution in [0.25, 0.3) is 0 Å². The molecule has 0 spiro atoms. The Balaban J connectivity index is 2.16. The predicted octanol–water partition coefficient (Wildman–Crippen LogP) is 0.825. The lowest BCUT2D eigenvalue weighted by Crippen LogP contribution is -2.26. The minimum Gasteiger partial charge on any atom is -0.350 e. The number of hydrogen-bond donors (Lipinski definition) is 1. The van der Waals surface area contributed by atoms with Crippen LogP contribution in [-0.4, -0.2) is 43.0 Å². The summed E-state index contributed by atoms with van der Waals surface area (Å²) in [4.78, 5) is 17.4. The van der Waals surface area contributed by atoms with E-state index in [1.54, 1.807) is 11.6 Å². The number of carbonyl (C=O) groups is 1. The van der Waals surface area contributed by atoms with Gasteiger partial charge in [0.2, 0.25) is 0 Å². The van der Waals surface area contributed by atoms with Gasteiger partial charge in [0.25, 0.3) is 5.91 Å². The van der Waals surface area contributed by atoms with Gasteiger partial charge in [0, 0.05) is 18.1 Å². The van der Waals surface area contributed by atoms with Gasteiger partial charge in [0.05, 0.1) is 0 Å². The summed E-state index contributed by atoms with van der Waals surface area (Å²) in [6.07, 6.45) is 2.60. The van der Waals surface area contributed by atoms with Gasteiger partial charge < -0.3 is 10.2 Å². The Labute approximate surface area is 88.0 Å². The molecule has 1 rings (SSSR count). The molecule has 0 radical (unpaired) electrons. The SMILES string of the molecule is CN(C)CCCNC(=O)c1nccs1. The summed E-state index contributed by atoms with van der Waals surface area (Å²) in [5.74, 6) is -0.0706. The van der Waals surface area contributed by atoms with Crippen LogP contribution in [0, 0.1) is 0 Å². The zero-order chi connectivity index (χ0) is 10.4. The fraction of sp³-hybridized carbons (Fsp3) is 0.556. The molecule has 0 bridgehead atoms. The molecular weight excluding hydrogens is 198 g/mol. The monoisotopic (exact) mass is 213 g/mol. The highest BCUT2D eigenvalue weighted by atomic mass is 32.1. The van der Waals surface area contributed by atoms with Gasteiger partial charge in [-0.3, -0.25) is 4.79 Å². The van der Waals surface area contributed by atoms with E-state index in [0.29, 0.717) is 11.6 Å². The van der Waals surface area contributed by atoms with Gasteiger partial charge in [-0.1, -0.05) is 0 Å². The highest BCUT2D eigenvalue weighted by Gasteiger charge is 2.06. The first-order valence-corrected chi connectivity index (χ1v) is 5.40. The fourth-order valence-electron chi connectivity index (χ4n) is 1.01. The van der Waals surface area contributed by atoms with E-state index in [1.165, 1.54) is 11.3 Å². The molecule has 0 fully saturated rings. The summed E-state index contributed by atoms with van der Waals surface area (Å²) in [7, 11) is 4.03. The Morgan fingerprint density at radius 3 is 3.00 bits per heavy atom. The zero-order valence-electron chi connectivity index (χ0n) is 8.49. The molecule has 1 aromatic rings. The van der Waals surface area contributed by atoms with E-state index >= 15 is 0 Å². The van der Waals surface area contributed by atoms with Crippen molar-refractivity contribution in [2.24, 2.45) is 0 Å². The average molecular weight is 213 g/mol. The number of aromatic nitrogens is 1. The maximum Gasteiger partial charge on any atom is 0.280 e. The third-order valence-electron chi connectivity index (χ3n) is 1.69. The smallest absolute Gasteiger partial charge is 0.280 e. The predicted molar refractivity (Wildman–Crippen MR) is 57.6 cm³/mol. The summed E-state index contributed by atoms with van der Waals surface area (Å²) in [5, 5.41) is 5.16. The average Bonchev–Trinajstić information content (AvgIpc) is 2.64. The van der Waals surface area contributed by atoms with Crippen molar-refractivity contribution in [2.75, 3.05) is 27.2 Å². The molecule has 4 nitrogen and oxygen atoms in total. The van der Waals surface area contributed by atoms with Crippen molar-refractivity contribution < 1.29 is 4.79 Å². The molecule has 0 unspecified atom stereocenters. The van der Waals surface area contributed by atoms with Gasteiger partial charge in [-0.2, -0.15) is 0 Å². The third-order valence-corrected chi connectivity index (χ3v) is 2.47. The maximum atomic E-state index is 11.4. The standard InChI is InChI=1S/C9H15N3OS/c1-12(2)6-3-4-10-8(13)9-11-5-7-14-9/h5,7H,3-4,6H2,1-2H3,(H,10,13). The van der Waals surface area contributed by atoms with Crippen molar-refractivity contribution in [3.8, 4) is 0 Å². The Bertz CT molecular complexity index is 272. The molecule has 14 heavy (non-hydrogen) atoms. The number of hydrogen-bond acceptors (Lipinski definition) is 4. The molecule has 1 amide bonds. The molecule has 1 aromatic heterocycles. The van der Waals surface area contributed by atoms with Crippen LogP contribution in [0.3, 0.4) is 0 Å². The van der Waals surface area contributed by atoms with Crippen LogP contribution in [0.15, 0.2) is 11.6 Å². The van der Waals surface area contributed by atoms with E-state index in [1.807, 2.05) is 14.1 Å². The van der Waals surface area contributed by atoms with Crippen molar-refractivity contribution >= 4 is 17.2 Å². The van der Waals surface area contributed by atoms with Crippen molar-refractivity contribution in [1.82, 2.24) is 15.2 Å². The number of nitrogens with zero attached hydrogens (tertiary/aromatic N) is 2. The van der Waals surface area contributed by atoms with Crippen LogP contribution < -0.4 is 5.32 Å². The Kier molecular flexibility index (Phi) is 4.55. The normalized spacial score (nSPS) is 10.5. The largest absolute Gasteiger partial charge is 0.350 e. The minimum atomic E-state index is -0.0706. The van der Waals surface area contributed by atoms with Gasteiger partial charge in [-0.15, -0.1) is 11.3 Å². The summed E-state index contributed by atoms with van der Waals surface area (Å²) in [6.45, 7) is 1.69. The number of carbonyl (C=O) groups excluding carboxylic acids is 1. The quantitative estimate of drug-likeness (QED) is 0.737. The molecule has 5 heteroatoms. The van der Waals surface area contributed by atoms with Crippen molar-refractivity contribution in [3.05, 3.63) is 16.6 Å². The molecule has 78 valence electrons. The summed E-state index contributed by atoms with van der Waals surface area (Å²) >= 11 is 1.36. The van der Waals surface area contributed by atoms with Crippen LogP contribution in [0.5, 0.6) is 0 Å². The summed E-state index contributed by atoms with van der Waals surface area (Å²) in [6, 6.07) is 0. The van der Waals surface area contributed by atoms with E-state index in [-0.39, 0.29) is 5.91 Å². The summed E-state index contributed by atoms with van der Waals surface area (Å²) in [5.41, 5.74) is 0. The zero-order valence-corrected chi connectivity index (χ0v) is 9.30. The lowest BCUT2D eigenvalue weighted by atomic mass is 10.4. The number of amides is 1. The molecular formula is C9H15N3OS. The molecule has 0 aliphatic rings. The molecule has 0 saturated heterocycles. The summed E-state index contributed by atoms with van der Waals surface area (Å²) < 4.78 is 0. The number of nitrogens with one attached hydrogen (secondary N) is 1. The second-order valence-corrected chi connectivity index (χ2v) is 4.14. The highest BCUT2D eigenvalue weighted by molar-refractivity contribution is 7.11. The van der Waals surface area contributed by atoms with Gasteiger partial charge >= 0.3 is 0 Å². The van der Waals surface area contributed by atoms with Gasteiger partial charge in [0.15, 0.2) is 5.01 Å². The number of rotatable bonds is 5.